The van der Waals surface area contributed by atoms with Crippen LogP contribution in [0.15, 0.2) is 60.8 Å². The number of anilines is 2. The zero-order valence-corrected chi connectivity index (χ0v) is 20.3. The fourth-order valence-electron chi connectivity index (χ4n) is 3.98. The number of nitrogens with one attached hydrogen (secondary N) is 1. The topological polar surface area (TPSA) is 114 Å². The first-order valence-corrected chi connectivity index (χ1v) is 13.4. The van der Waals surface area contributed by atoms with Crippen molar-refractivity contribution in [2.24, 2.45) is 0 Å². The van der Waals surface area contributed by atoms with Crippen molar-refractivity contribution in [3.63, 3.8) is 0 Å². The number of piperidine rings is 1. The Labute approximate surface area is 206 Å². The minimum Gasteiger partial charge on any atom is -0.368 e. The lowest BCUT2D eigenvalue weighted by Crippen LogP contribution is -2.39. The van der Waals surface area contributed by atoms with Crippen LogP contribution >= 0.6 is 11.3 Å². The molecule has 180 valence electrons. The van der Waals surface area contributed by atoms with Crippen LogP contribution in [0.2, 0.25) is 0 Å². The van der Waals surface area contributed by atoms with Gasteiger partial charge in [0.1, 0.15) is 5.01 Å². The maximum atomic E-state index is 15.8. The predicted molar refractivity (Wildman–Crippen MR) is 136 cm³/mol. The standard InChI is InChI=1S/C24H23FN6O2S2/c25-20-17(10-7-11-18(20)30-35(32,33)31-14-5-2-6-15-31)21-22(19-12-13-27-24(26)28-19)34-23(29-21)16-8-3-1-4-9-16/h1,3-4,7-13,30H,2,5-6,14-15H2,(H2,26,27,28). The van der Waals surface area contributed by atoms with E-state index in [1.54, 1.807) is 18.2 Å². The first-order valence-electron chi connectivity index (χ1n) is 11.1. The summed E-state index contributed by atoms with van der Waals surface area (Å²) in [6, 6.07) is 15.8. The molecule has 3 N–H and O–H groups in total. The minimum absolute atomic E-state index is 0.0895. The first kappa shape index (κ1) is 23.3. The second-order valence-electron chi connectivity index (χ2n) is 8.10. The number of benzene rings is 2. The van der Waals surface area contributed by atoms with Gasteiger partial charge in [-0.15, -0.1) is 11.3 Å². The lowest BCUT2D eigenvalue weighted by molar-refractivity contribution is 0.349. The summed E-state index contributed by atoms with van der Waals surface area (Å²) in [5.74, 6) is -0.618. The molecule has 0 bridgehead atoms. The number of nitrogen functional groups attached to an aromatic ring is 1. The number of hydrogen-bond acceptors (Lipinski definition) is 7. The normalized spacial score (nSPS) is 14.7. The Morgan fingerprint density at radius 3 is 2.49 bits per heavy atom. The van der Waals surface area contributed by atoms with Crippen LogP contribution in [-0.4, -0.2) is 40.8 Å². The molecule has 0 unspecified atom stereocenters. The molecular weight excluding hydrogens is 487 g/mol. The first-order chi connectivity index (χ1) is 16.9. The molecule has 4 aromatic rings. The third-order valence-electron chi connectivity index (χ3n) is 5.70. The second kappa shape index (κ2) is 9.68. The lowest BCUT2D eigenvalue weighted by atomic mass is 10.1. The minimum atomic E-state index is -3.88. The fourth-order valence-corrected chi connectivity index (χ4v) is 6.34. The summed E-state index contributed by atoms with van der Waals surface area (Å²) in [5.41, 5.74) is 7.56. The summed E-state index contributed by atoms with van der Waals surface area (Å²) < 4.78 is 45.3. The van der Waals surface area contributed by atoms with E-state index < -0.39 is 16.0 Å². The molecule has 0 aliphatic carbocycles. The number of nitrogens with zero attached hydrogens (tertiary/aromatic N) is 4. The van der Waals surface area contributed by atoms with Gasteiger partial charge in [0.25, 0.3) is 0 Å². The molecule has 3 heterocycles. The molecule has 1 aliphatic rings. The predicted octanol–water partition coefficient (Wildman–Crippen LogP) is 4.80. The van der Waals surface area contributed by atoms with Crippen molar-refractivity contribution in [2.75, 3.05) is 23.5 Å². The maximum absolute atomic E-state index is 15.8. The molecule has 0 saturated carbocycles. The lowest BCUT2D eigenvalue weighted by Gasteiger charge is -2.26. The van der Waals surface area contributed by atoms with Crippen molar-refractivity contribution in [3.8, 4) is 32.4 Å². The Bertz CT molecular complexity index is 1450. The zero-order chi connectivity index (χ0) is 24.4. The highest BCUT2D eigenvalue weighted by molar-refractivity contribution is 7.90. The highest BCUT2D eigenvalue weighted by Gasteiger charge is 2.27. The Hall–Kier alpha value is -3.41. The Balaban J connectivity index is 1.59. The van der Waals surface area contributed by atoms with Gasteiger partial charge in [-0.05, 0) is 31.0 Å². The van der Waals surface area contributed by atoms with Crippen LogP contribution in [0, 0.1) is 5.82 Å². The summed E-state index contributed by atoms with van der Waals surface area (Å²) >= 11 is 1.35. The van der Waals surface area contributed by atoms with Crippen LogP contribution in [0.1, 0.15) is 19.3 Å². The third-order valence-corrected chi connectivity index (χ3v) is 8.35. The number of thiazole rings is 1. The van der Waals surface area contributed by atoms with Crippen LogP contribution in [0.3, 0.4) is 0 Å². The van der Waals surface area contributed by atoms with Gasteiger partial charge in [0, 0.05) is 30.4 Å². The monoisotopic (exact) mass is 510 g/mol. The maximum Gasteiger partial charge on any atom is 0.301 e. The van der Waals surface area contributed by atoms with E-state index in [1.165, 1.54) is 27.9 Å². The summed E-state index contributed by atoms with van der Waals surface area (Å²) in [5, 5.41) is 0.673. The molecule has 1 saturated heterocycles. The number of aromatic nitrogens is 3. The van der Waals surface area contributed by atoms with E-state index in [4.69, 9.17) is 10.7 Å². The van der Waals surface area contributed by atoms with Gasteiger partial charge in [0.2, 0.25) is 5.95 Å². The molecule has 0 radical (unpaired) electrons. The molecule has 0 amide bonds. The highest BCUT2D eigenvalue weighted by atomic mass is 32.2. The van der Waals surface area contributed by atoms with Crippen LogP contribution in [0.4, 0.5) is 16.0 Å². The number of halogens is 1. The van der Waals surface area contributed by atoms with E-state index in [9.17, 15) is 8.42 Å². The van der Waals surface area contributed by atoms with Crippen LogP contribution in [0.25, 0.3) is 32.4 Å². The van der Waals surface area contributed by atoms with Gasteiger partial charge >= 0.3 is 10.2 Å². The molecule has 2 aromatic heterocycles. The molecular formula is C24H23FN6O2S2. The van der Waals surface area contributed by atoms with Crippen molar-refractivity contribution < 1.29 is 12.8 Å². The Kier molecular flexibility index (Phi) is 6.46. The van der Waals surface area contributed by atoms with Gasteiger partial charge in [0.05, 0.1) is 22.0 Å². The van der Waals surface area contributed by atoms with Gasteiger partial charge in [-0.25, -0.2) is 19.3 Å². The van der Waals surface area contributed by atoms with E-state index in [2.05, 4.69) is 14.7 Å². The van der Waals surface area contributed by atoms with Crippen molar-refractivity contribution >= 4 is 33.2 Å². The zero-order valence-electron chi connectivity index (χ0n) is 18.7. The fraction of sp³-hybridized carbons (Fsp3) is 0.208. The van der Waals surface area contributed by atoms with E-state index in [1.807, 2.05) is 30.3 Å². The average molecular weight is 511 g/mol. The smallest absolute Gasteiger partial charge is 0.301 e. The van der Waals surface area contributed by atoms with E-state index in [0.717, 1.165) is 24.8 Å². The highest BCUT2D eigenvalue weighted by Crippen LogP contribution is 2.41. The van der Waals surface area contributed by atoms with Gasteiger partial charge in [-0.1, -0.05) is 42.8 Å². The van der Waals surface area contributed by atoms with E-state index in [0.29, 0.717) is 34.4 Å². The van der Waals surface area contributed by atoms with E-state index >= 15 is 4.39 Å². The van der Waals surface area contributed by atoms with Gasteiger partial charge in [0.15, 0.2) is 5.82 Å². The Morgan fingerprint density at radius 2 is 1.74 bits per heavy atom. The number of nitrogens with two attached hydrogens (primary N) is 1. The molecule has 8 nitrogen and oxygen atoms in total. The summed E-state index contributed by atoms with van der Waals surface area (Å²) in [6.07, 6.45) is 4.09. The number of hydrogen-bond donors (Lipinski definition) is 2. The Morgan fingerprint density at radius 1 is 0.971 bits per heavy atom. The second-order valence-corrected chi connectivity index (χ2v) is 10.8. The van der Waals surface area contributed by atoms with Crippen molar-refractivity contribution in [2.45, 2.75) is 19.3 Å². The van der Waals surface area contributed by atoms with Crippen molar-refractivity contribution in [1.29, 1.82) is 0 Å². The molecule has 1 fully saturated rings. The van der Waals surface area contributed by atoms with E-state index in [-0.39, 0.29) is 17.2 Å². The summed E-state index contributed by atoms with van der Waals surface area (Å²) in [6.45, 7) is 0.838. The number of rotatable bonds is 6. The van der Waals surface area contributed by atoms with Crippen LogP contribution in [0.5, 0.6) is 0 Å². The van der Waals surface area contributed by atoms with Crippen molar-refractivity contribution in [3.05, 3.63) is 66.6 Å². The largest absolute Gasteiger partial charge is 0.368 e. The van der Waals surface area contributed by atoms with Crippen LogP contribution in [-0.2, 0) is 10.2 Å². The van der Waals surface area contributed by atoms with Gasteiger partial charge in [-0.2, -0.15) is 12.7 Å². The molecule has 5 rings (SSSR count). The summed E-state index contributed by atoms with van der Waals surface area (Å²) in [7, 11) is -3.88. The molecule has 0 atom stereocenters. The van der Waals surface area contributed by atoms with Crippen molar-refractivity contribution in [1.82, 2.24) is 19.3 Å². The molecule has 35 heavy (non-hydrogen) atoms. The third kappa shape index (κ3) is 4.88. The summed E-state index contributed by atoms with van der Waals surface area (Å²) in [4.78, 5) is 13.6. The van der Waals surface area contributed by atoms with Crippen LogP contribution < -0.4 is 10.5 Å². The molecule has 1 aliphatic heterocycles. The van der Waals surface area contributed by atoms with Gasteiger partial charge in [-0.3, -0.25) is 4.72 Å². The molecule has 11 heteroatoms. The average Bonchev–Trinajstić information content (AvgIpc) is 3.32. The SMILES string of the molecule is Nc1nccc(-c2sc(-c3ccccc3)nc2-c2cccc(NS(=O)(=O)N3CCCCC3)c2F)n1. The molecule has 2 aromatic carbocycles. The molecule has 0 spiro atoms. The quantitative estimate of drug-likeness (QED) is 0.385. The van der Waals surface area contributed by atoms with Gasteiger partial charge < -0.3 is 5.73 Å².